The van der Waals surface area contributed by atoms with Gasteiger partial charge in [0.2, 0.25) is 0 Å². The Morgan fingerprint density at radius 2 is 1.81 bits per heavy atom. The highest BCUT2D eigenvalue weighted by atomic mass is 35.5. The van der Waals surface area contributed by atoms with Crippen LogP contribution in [0.4, 0.5) is 0 Å². The Kier molecular flexibility index (Phi) is 5.58. The number of carbonyl (C=O) groups is 1. The van der Waals surface area contributed by atoms with Gasteiger partial charge in [0, 0.05) is 17.5 Å². The zero-order chi connectivity index (χ0) is 18.5. The first-order valence-corrected chi connectivity index (χ1v) is 8.53. The molecule has 0 atom stereocenters. The van der Waals surface area contributed by atoms with E-state index >= 15 is 0 Å². The van der Waals surface area contributed by atoms with E-state index in [1.54, 1.807) is 26.4 Å². The van der Waals surface area contributed by atoms with Gasteiger partial charge in [-0.3, -0.25) is 4.79 Å². The first-order valence-electron chi connectivity index (χ1n) is 8.15. The zero-order valence-corrected chi connectivity index (χ0v) is 15.3. The molecule has 5 nitrogen and oxygen atoms in total. The first kappa shape index (κ1) is 18.0. The molecular formula is C20H19ClN2O3. The predicted molar refractivity (Wildman–Crippen MR) is 103 cm³/mol. The zero-order valence-electron chi connectivity index (χ0n) is 14.6. The van der Waals surface area contributed by atoms with Crippen molar-refractivity contribution in [3.63, 3.8) is 0 Å². The molecule has 1 aliphatic heterocycles. The maximum absolute atomic E-state index is 12.2. The van der Waals surface area contributed by atoms with E-state index in [2.05, 4.69) is 10.3 Å². The van der Waals surface area contributed by atoms with Crippen molar-refractivity contribution in [2.24, 2.45) is 4.99 Å². The molecule has 0 aliphatic carbocycles. The molecule has 0 unspecified atom stereocenters. The predicted octanol–water partition coefficient (Wildman–Crippen LogP) is 3.86. The summed E-state index contributed by atoms with van der Waals surface area (Å²) in [5.41, 5.74) is 2.25. The molecule has 6 heteroatoms. The number of halogens is 1. The van der Waals surface area contributed by atoms with Gasteiger partial charge in [0.15, 0.2) is 0 Å². The number of nitrogens with one attached hydrogen (secondary N) is 1. The number of benzene rings is 2. The van der Waals surface area contributed by atoms with Crippen LogP contribution in [0.5, 0.6) is 11.5 Å². The van der Waals surface area contributed by atoms with Crippen molar-refractivity contribution in [1.82, 2.24) is 5.32 Å². The summed E-state index contributed by atoms with van der Waals surface area (Å²) in [6, 6.07) is 13.1. The van der Waals surface area contributed by atoms with Gasteiger partial charge in [-0.25, -0.2) is 4.99 Å². The fraction of sp³-hybridized carbons (Fsp3) is 0.200. The van der Waals surface area contributed by atoms with E-state index in [-0.39, 0.29) is 5.91 Å². The first-order chi connectivity index (χ1) is 12.6. The molecule has 1 amide bonds. The van der Waals surface area contributed by atoms with E-state index in [1.807, 2.05) is 36.4 Å². The summed E-state index contributed by atoms with van der Waals surface area (Å²) in [6.07, 6.45) is 3.09. The molecule has 0 aromatic heterocycles. The number of amides is 1. The van der Waals surface area contributed by atoms with Crippen molar-refractivity contribution in [3.8, 4) is 11.5 Å². The fourth-order valence-electron chi connectivity index (χ4n) is 2.66. The molecule has 2 aromatic rings. The summed E-state index contributed by atoms with van der Waals surface area (Å²) in [5, 5.41) is 3.51. The van der Waals surface area contributed by atoms with Crippen LogP contribution >= 0.6 is 11.6 Å². The van der Waals surface area contributed by atoms with Crippen LogP contribution in [0, 0.1) is 0 Å². The molecule has 2 aromatic carbocycles. The summed E-state index contributed by atoms with van der Waals surface area (Å²) < 4.78 is 10.5. The third-order valence-corrected chi connectivity index (χ3v) is 4.20. The molecule has 1 aliphatic rings. The number of amidine groups is 1. The molecule has 0 fully saturated rings. The Bertz CT molecular complexity index is 868. The highest BCUT2D eigenvalue weighted by molar-refractivity contribution is 6.30. The van der Waals surface area contributed by atoms with Gasteiger partial charge >= 0.3 is 0 Å². The van der Waals surface area contributed by atoms with Crippen molar-refractivity contribution < 1.29 is 14.3 Å². The van der Waals surface area contributed by atoms with Gasteiger partial charge in [-0.1, -0.05) is 23.7 Å². The highest BCUT2D eigenvalue weighted by Gasteiger charge is 2.19. The standard InChI is InChI=1S/C20H19ClN2O3/c1-25-16-9-14(10-17(12-16)26-2)11-18-20(24)23-19(22-18)7-6-13-4-3-5-15(21)8-13/h3-5,8-12H,6-7H2,1-2H3,(H,22,23,24)/b18-11+. The normalized spacial score (nSPS) is 15.0. The summed E-state index contributed by atoms with van der Waals surface area (Å²) in [4.78, 5) is 16.6. The van der Waals surface area contributed by atoms with E-state index in [1.165, 1.54) is 0 Å². The number of aryl methyl sites for hydroxylation is 1. The highest BCUT2D eigenvalue weighted by Crippen LogP contribution is 2.25. The lowest BCUT2D eigenvalue weighted by Gasteiger charge is -2.05. The molecule has 26 heavy (non-hydrogen) atoms. The quantitative estimate of drug-likeness (QED) is 0.785. The number of hydrogen-bond acceptors (Lipinski definition) is 4. The number of methoxy groups -OCH3 is 2. The number of rotatable bonds is 6. The van der Waals surface area contributed by atoms with Gasteiger partial charge < -0.3 is 14.8 Å². The molecule has 0 saturated carbocycles. The van der Waals surface area contributed by atoms with Crippen LogP contribution in [0.3, 0.4) is 0 Å². The molecule has 0 spiro atoms. The molecule has 0 saturated heterocycles. The molecule has 1 N–H and O–H groups in total. The van der Waals surface area contributed by atoms with Crippen molar-refractivity contribution in [2.75, 3.05) is 14.2 Å². The van der Waals surface area contributed by atoms with Gasteiger partial charge in [-0.05, 0) is 47.9 Å². The van der Waals surface area contributed by atoms with Crippen LogP contribution in [-0.2, 0) is 11.2 Å². The minimum Gasteiger partial charge on any atom is -0.497 e. The second kappa shape index (κ2) is 8.06. The average Bonchev–Trinajstić information content (AvgIpc) is 2.99. The number of nitrogens with zero attached hydrogens (tertiary/aromatic N) is 1. The second-order valence-corrected chi connectivity index (χ2v) is 6.25. The fourth-order valence-corrected chi connectivity index (χ4v) is 2.87. The van der Waals surface area contributed by atoms with Crippen LogP contribution in [-0.4, -0.2) is 26.0 Å². The van der Waals surface area contributed by atoms with E-state index in [0.29, 0.717) is 34.5 Å². The number of ether oxygens (including phenoxy) is 2. The largest absolute Gasteiger partial charge is 0.497 e. The topological polar surface area (TPSA) is 59.9 Å². The molecule has 134 valence electrons. The van der Waals surface area contributed by atoms with Crippen molar-refractivity contribution in [2.45, 2.75) is 12.8 Å². The molecule has 0 bridgehead atoms. The number of hydrogen-bond donors (Lipinski definition) is 1. The van der Waals surface area contributed by atoms with Crippen molar-refractivity contribution in [3.05, 3.63) is 64.3 Å². The SMILES string of the molecule is COc1cc(/C=C2/N=C(CCc3cccc(Cl)c3)NC2=O)cc(OC)c1. The molecule has 3 rings (SSSR count). The van der Waals surface area contributed by atoms with E-state index in [9.17, 15) is 4.79 Å². The number of aliphatic imine (C=N–C) groups is 1. The smallest absolute Gasteiger partial charge is 0.275 e. The summed E-state index contributed by atoms with van der Waals surface area (Å²) in [7, 11) is 3.17. The van der Waals surface area contributed by atoms with Gasteiger partial charge in [-0.2, -0.15) is 0 Å². The Labute approximate surface area is 157 Å². The third-order valence-electron chi connectivity index (χ3n) is 3.96. The monoisotopic (exact) mass is 370 g/mol. The Hall–Kier alpha value is -2.79. The minimum absolute atomic E-state index is 0.215. The third kappa shape index (κ3) is 4.43. The van der Waals surface area contributed by atoms with Gasteiger partial charge in [0.05, 0.1) is 14.2 Å². The van der Waals surface area contributed by atoms with Crippen LogP contribution in [0.25, 0.3) is 6.08 Å². The summed E-state index contributed by atoms with van der Waals surface area (Å²) in [6.45, 7) is 0. The van der Waals surface area contributed by atoms with Crippen LogP contribution < -0.4 is 14.8 Å². The van der Waals surface area contributed by atoms with Gasteiger partial charge in [-0.15, -0.1) is 0 Å². The summed E-state index contributed by atoms with van der Waals surface area (Å²) in [5.74, 6) is 1.74. The van der Waals surface area contributed by atoms with Crippen LogP contribution in [0.2, 0.25) is 5.02 Å². The molecule has 1 heterocycles. The van der Waals surface area contributed by atoms with Crippen LogP contribution in [0.15, 0.2) is 53.2 Å². The Morgan fingerprint density at radius 1 is 1.08 bits per heavy atom. The lowest BCUT2D eigenvalue weighted by molar-refractivity contribution is -0.115. The van der Waals surface area contributed by atoms with E-state index < -0.39 is 0 Å². The van der Waals surface area contributed by atoms with Crippen molar-refractivity contribution >= 4 is 29.4 Å². The maximum atomic E-state index is 12.2. The average molecular weight is 371 g/mol. The van der Waals surface area contributed by atoms with Gasteiger partial charge in [0.25, 0.3) is 5.91 Å². The van der Waals surface area contributed by atoms with E-state index in [0.717, 1.165) is 17.5 Å². The maximum Gasteiger partial charge on any atom is 0.275 e. The Balaban J connectivity index is 1.76. The second-order valence-electron chi connectivity index (χ2n) is 5.82. The lowest BCUT2D eigenvalue weighted by Crippen LogP contribution is -2.24. The summed E-state index contributed by atoms with van der Waals surface area (Å²) >= 11 is 6.00. The minimum atomic E-state index is -0.215. The molecule has 0 radical (unpaired) electrons. The van der Waals surface area contributed by atoms with Crippen molar-refractivity contribution in [1.29, 1.82) is 0 Å². The van der Waals surface area contributed by atoms with E-state index in [4.69, 9.17) is 21.1 Å². The molecular weight excluding hydrogens is 352 g/mol. The van der Waals surface area contributed by atoms with Gasteiger partial charge in [0.1, 0.15) is 23.0 Å². The Morgan fingerprint density at radius 3 is 2.46 bits per heavy atom. The number of carbonyl (C=O) groups excluding carboxylic acids is 1. The van der Waals surface area contributed by atoms with Crippen LogP contribution in [0.1, 0.15) is 17.5 Å². The lowest BCUT2D eigenvalue weighted by atomic mass is 10.1.